The quantitative estimate of drug-likeness (QED) is 0.735. The normalized spacial score (nSPS) is 20.7. The van der Waals surface area contributed by atoms with Gasteiger partial charge in [-0.3, -0.25) is 9.69 Å². The molecule has 0 bridgehead atoms. The Kier molecular flexibility index (Phi) is 6.23. The average Bonchev–Trinajstić information content (AvgIpc) is 2.45. The zero-order chi connectivity index (χ0) is 16.1. The molecule has 1 aliphatic rings. The summed E-state index contributed by atoms with van der Waals surface area (Å²) in [5.74, 6) is 0.101. The van der Waals surface area contributed by atoms with E-state index in [2.05, 4.69) is 21.2 Å². The van der Waals surface area contributed by atoms with Crippen molar-refractivity contribution in [3.63, 3.8) is 0 Å². The van der Waals surface area contributed by atoms with E-state index in [1.807, 2.05) is 30.0 Å². The van der Waals surface area contributed by atoms with Crippen LogP contribution in [0.3, 0.4) is 0 Å². The number of benzene rings is 1. The Morgan fingerprint density at radius 3 is 2.82 bits per heavy atom. The SMILES string of the molecule is CCN(CC(=O)O)C1CC(NCc2cc(OC)ccc2Br)C1. The molecule has 6 heteroatoms. The molecule has 1 saturated carbocycles. The topological polar surface area (TPSA) is 61.8 Å². The fourth-order valence-corrected chi connectivity index (χ4v) is 3.18. The zero-order valence-electron chi connectivity index (χ0n) is 13.0. The van der Waals surface area contributed by atoms with Crippen molar-refractivity contribution in [2.24, 2.45) is 0 Å². The molecule has 0 unspecified atom stereocenters. The number of carbonyl (C=O) groups is 1. The molecular formula is C16H23BrN2O3. The van der Waals surface area contributed by atoms with Gasteiger partial charge in [0.25, 0.3) is 0 Å². The number of nitrogens with zero attached hydrogens (tertiary/aromatic N) is 1. The van der Waals surface area contributed by atoms with Crippen LogP contribution in [0, 0.1) is 0 Å². The molecule has 0 atom stereocenters. The molecule has 0 saturated heterocycles. The van der Waals surface area contributed by atoms with Crippen LogP contribution in [0.5, 0.6) is 5.75 Å². The van der Waals surface area contributed by atoms with E-state index in [9.17, 15) is 4.79 Å². The molecule has 22 heavy (non-hydrogen) atoms. The molecule has 0 heterocycles. The summed E-state index contributed by atoms with van der Waals surface area (Å²) < 4.78 is 6.31. The number of likely N-dealkylation sites (N-methyl/N-ethyl adjacent to an activating group) is 1. The number of methoxy groups -OCH3 is 1. The lowest BCUT2D eigenvalue weighted by Gasteiger charge is -2.42. The molecule has 5 nitrogen and oxygen atoms in total. The molecular weight excluding hydrogens is 348 g/mol. The van der Waals surface area contributed by atoms with Crippen molar-refractivity contribution in [2.75, 3.05) is 20.2 Å². The molecule has 0 radical (unpaired) electrons. The van der Waals surface area contributed by atoms with Crippen LogP contribution >= 0.6 is 15.9 Å². The first-order chi connectivity index (χ1) is 10.5. The van der Waals surface area contributed by atoms with Gasteiger partial charge >= 0.3 is 5.97 Å². The number of aliphatic carboxylic acids is 1. The van der Waals surface area contributed by atoms with Gasteiger partial charge in [-0.05, 0) is 43.1 Å². The number of hydrogen-bond acceptors (Lipinski definition) is 4. The van der Waals surface area contributed by atoms with E-state index in [1.165, 1.54) is 5.56 Å². The fraction of sp³-hybridized carbons (Fsp3) is 0.562. The Balaban J connectivity index is 1.79. The monoisotopic (exact) mass is 370 g/mol. The van der Waals surface area contributed by atoms with Gasteiger partial charge in [0.2, 0.25) is 0 Å². The van der Waals surface area contributed by atoms with Crippen molar-refractivity contribution in [1.29, 1.82) is 0 Å². The summed E-state index contributed by atoms with van der Waals surface area (Å²) in [6.45, 7) is 3.71. The third kappa shape index (κ3) is 4.44. The van der Waals surface area contributed by atoms with Gasteiger partial charge in [-0.2, -0.15) is 0 Å². The Morgan fingerprint density at radius 1 is 1.50 bits per heavy atom. The van der Waals surface area contributed by atoms with Gasteiger partial charge in [0.05, 0.1) is 13.7 Å². The maximum absolute atomic E-state index is 10.8. The standard InChI is InChI=1S/C16H23BrN2O3/c1-3-19(10-16(20)21)13-7-12(8-13)18-9-11-6-14(22-2)4-5-15(11)17/h4-6,12-13,18H,3,7-10H2,1-2H3,(H,20,21). The molecule has 0 aromatic heterocycles. The van der Waals surface area contributed by atoms with E-state index in [1.54, 1.807) is 7.11 Å². The molecule has 1 fully saturated rings. The summed E-state index contributed by atoms with van der Waals surface area (Å²) in [4.78, 5) is 12.9. The van der Waals surface area contributed by atoms with E-state index in [0.29, 0.717) is 12.1 Å². The maximum Gasteiger partial charge on any atom is 0.317 e. The van der Waals surface area contributed by atoms with E-state index >= 15 is 0 Å². The lowest BCUT2D eigenvalue weighted by molar-refractivity contribution is -0.139. The first kappa shape index (κ1) is 17.2. The molecule has 0 amide bonds. The molecule has 0 spiro atoms. The highest BCUT2D eigenvalue weighted by atomic mass is 79.9. The Bertz CT molecular complexity index is 518. The van der Waals surface area contributed by atoms with Crippen molar-refractivity contribution in [3.05, 3.63) is 28.2 Å². The first-order valence-corrected chi connectivity index (χ1v) is 8.34. The first-order valence-electron chi connectivity index (χ1n) is 7.55. The van der Waals surface area contributed by atoms with E-state index < -0.39 is 5.97 Å². The zero-order valence-corrected chi connectivity index (χ0v) is 14.6. The van der Waals surface area contributed by atoms with Crippen molar-refractivity contribution in [3.8, 4) is 5.75 Å². The van der Waals surface area contributed by atoms with E-state index in [0.717, 1.165) is 36.2 Å². The van der Waals surface area contributed by atoms with Crippen LogP contribution in [0.15, 0.2) is 22.7 Å². The number of ether oxygens (including phenoxy) is 1. The van der Waals surface area contributed by atoms with Gasteiger partial charge in [-0.15, -0.1) is 0 Å². The number of hydrogen-bond donors (Lipinski definition) is 2. The molecule has 122 valence electrons. The van der Waals surface area contributed by atoms with Crippen LogP contribution in [0.2, 0.25) is 0 Å². The summed E-state index contributed by atoms with van der Waals surface area (Å²) in [7, 11) is 1.67. The van der Waals surface area contributed by atoms with Gasteiger partial charge in [0, 0.05) is 23.1 Å². The number of halogens is 1. The summed E-state index contributed by atoms with van der Waals surface area (Å²) in [5, 5.41) is 12.4. The molecule has 0 aliphatic heterocycles. The minimum Gasteiger partial charge on any atom is -0.497 e. The molecule has 2 N–H and O–H groups in total. The predicted octanol–water partition coefficient (Wildman–Crippen LogP) is 2.48. The van der Waals surface area contributed by atoms with E-state index in [-0.39, 0.29) is 6.54 Å². The average molecular weight is 371 g/mol. The highest BCUT2D eigenvalue weighted by Crippen LogP contribution is 2.27. The van der Waals surface area contributed by atoms with Crippen LogP contribution < -0.4 is 10.1 Å². The van der Waals surface area contributed by atoms with Crippen molar-refractivity contribution in [1.82, 2.24) is 10.2 Å². The number of carboxylic acids is 1. The molecule has 1 aromatic carbocycles. The molecule has 1 aromatic rings. The minimum absolute atomic E-state index is 0.134. The van der Waals surface area contributed by atoms with Gasteiger partial charge in [0.15, 0.2) is 0 Å². The van der Waals surface area contributed by atoms with Gasteiger partial charge < -0.3 is 15.2 Å². The number of nitrogens with one attached hydrogen (secondary N) is 1. The smallest absolute Gasteiger partial charge is 0.317 e. The Labute approximate surface area is 139 Å². The molecule has 2 rings (SSSR count). The third-order valence-corrected chi connectivity index (χ3v) is 4.98. The summed E-state index contributed by atoms with van der Waals surface area (Å²) in [5.41, 5.74) is 1.17. The Hall–Kier alpha value is -1.11. The van der Waals surface area contributed by atoms with Gasteiger partial charge in [0.1, 0.15) is 5.75 Å². The van der Waals surface area contributed by atoms with Crippen LogP contribution in [-0.2, 0) is 11.3 Å². The summed E-state index contributed by atoms with van der Waals surface area (Å²) in [6, 6.07) is 6.78. The summed E-state index contributed by atoms with van der Waals surface area (Å²) in [6.07, 6.45) is 2.01. The number of rotatable bonds is 8. The van der Waals surface area contributed by atoms with Gasteiger partial charge in [-0.1, -0.05) is 22.9 Å². The maximum atomic E-state index is 10.8. The van der Waals surface area contributed by atoms with Crippen LogP contribution in [-0.4, -0.2) is 48.3 Å². The lowest BCUT2D eigenvalue weighted by Crippen LogP contribution is -2.53. The van der Waals surface area contributed by atoms with Crippen LogP contribution in [0.1, 0.15) is 25.3 Å². The van der Waals surface area contributed by atoms with Gasteiger partial charge in [-0.25, -0.2) is 0 Å². The van der Waals surface area contributed by atoms with Crippen LogP contribution in [0.25, 0.3) is 0 Å². The second kappa shape index (κ2) is 7.94. The summed E-state index contributed by atoms with van der Waals surface area (Å²) >= 11 is 3.55. The second-order valence-electron chi connectivity index (χ2n) is 5.62. The largest absolute Gasteiger partial charge is 0.497 e. The Morgan fingerprint density at radius 2 is 2.23 bits per heavy atom. The molecule has 1 aliphatic carbocycles. The lowest BCUT2D eigenvalue weighted by atomic mass is 9.85. The fourth-order valence-electron chi connectivity index (χ4n) is 2.79. The van der Waals surface area contributed by atoms with Crippen molar-refractivity contribution < 1.29 is 14.6 Å². The number of carboxylic acid groups (broad SMARTS) is 1. The van der Waals surface area contributed by atoms with Crippen molar-refractivity contribution >= 4 is 21.9 Å². The highest BCUT2D eigenvalue weighted by molar-refractivity contribution is 9.10. The second-order valence-corrected chi connectivity index (χ2v) is 6.47. The predicted molar refractivity (Wildman–Crippen MR) is 89.2 cm³/mol. The van der Waals surface area contributed by atoms with E-state index in [4.69, 9.17) is 9.84 Å². The van der Waals surface area contributed by atoms with Crippen LogP contribution in [0.4, 0.5) is 0 Å². The van der Waals surface area contributed by atoms with Crippen molar-refractivity contribution in [2.45, 2.75) is 38.4 Å². The third-order valence-electron chi connectivity index (χ3n) is 4.21. The highest BCUT2D eigenvalue weighted by Gasteiger charge is 2.33. The minimum atomic E-state index is -0.751.